The van der Waals surface area contributed by atoms with Gasteiger partial charge >= 0.3 is 0 Å². The number of nitrogens with zero attached hydrogens (tertiary/aromatic N) is 1. The highest BCUT2D eigenvalue weighted by atomic mass is 19.1. The molecule has 1 heterocycles. The molecule has 3 heteroatoms. The van der Waals surface area contributed by atoms with Gasteiger partial charge in [0, 0.05) is 23.7 Å². The second-order valence-electron chi connectivity index (χ2n) is 6.06. The lowest BCUT2D eigenvalue weighted by molar-refractivity contribution is 0.155. The average molecular weight is 264 g/mol. The first-order valence-corrected chi connectivity index (χ1v) is 7.21. The zero-order valence-electron chi connectivity index (χ0n) is 12.2. The Labute approximate surface area is 116 Å². The zero-order chi connectivity index (χ0) is 13.9. The van der Waals surface area contributed by atoms with E-state index in [4.69, 9.17) is 0 Å². The van der Waals surface area contributed by atoms with Crippen molar-refractivity contribution in [2.24, 2.45) is 0 Å². The summed E-state index contributed by atoms with van der Waals surface area (Å²) in [7, 11) is 2.08. The number of hydrogen-bond acceptors (Lipinski definition) is 2. The third-order valence-corrected chi connectivity index (χ3v) is 4.32. The van der Waals surface area contributed by atoms with Crippen LogP contribution in [-0.2, 0) is 0 Å². The molecule has 1 aromatic carbocycles. The number of nitrogens with one attached hydrogen (secondary N) is 1. The Morgan fingerprint density at radius 2 is 2.11 bits per heavy atom. The minimum atomic E-state index is -0.108. The normalized spacial score (nSPS) is 25.5. The van der Waals surface area contributed by atoms with Crippen LogP contribution in [0.2, 0.25) is 0 Å². The maximum atomic E-state index is 13.8. The molecule has 2 atom stereocenters. The molecule has 0 radical (unpaired) electrons. The SMILES string of the molecule is CC(c1ccccc1F)N(C)CC1(C)CCCCN1. The molecule has 1 fully saturated rings. The van der Waals surface area contributed by atoms with Gasteiger partial charge in [0.15, 0.2) is 0 Å². The summed E-state index contributed by atoms with van der Waals surface area (Å²) < 4.78 is 13.8. The first kappa shape index (κ1) is 14.5. The van der Waals surface area contributed by atoms with Crippen LogP contribution in [0, 0.1) is 5.82 Å². The second-order valence-corrected chi connectivity index (χ2v) is 6.06. The summed E-state index contributed by atoms with van der Waals surface area (Å²) in [4.78, 5) is 2.25. The molecule has 2 nitrogen and oxygen atoms in total. The fraction of sp³-hybridized carbons (Fsp3) is 0.625. The van der Waals surface area contributed by atoms with Gasteiger partial charge < -0.3 is 5.32 Å². The van der Waals surface area contributed by atoms with Crippen LogP contribution in [0.3, 0.4) is 0 Å². The highest BCUT2D eigenvalue weighted by Gasteiger charge is 2.29. The van der Waals surface area contributed by atoms with Gasteiger partial charge in [0.05, 0.1) is 0 Å². The van der Waals surface area contributed by atoms with E-state index in [1.807, 2.05) is 12.1 Å². The highest BCUT2D eigenvalue weighted by Crippen LogP contribution is 2.26. The van der Waals surface area contributed by atoms with E-state index in [-0.39, 0.29) is 17.4 Å². The van der Waals surface area contributed by atoms with Gasteiger partial charge in [-0.2, -0.15) is 0 Å². The Balaban J connectivity index is 2.03. The topological polar surface area (TPSA) is 15.3 Å². The smallest absolute Gasteiger partial charge is 0.127 e. The molecule has 2 unspecified atom stereocenters. The maximum absolute atomic E-state index is 13.8. The van der Waals surface area contributed by atoms with Crippen molar-refractivity contribution >= 4 is 0 Å². The van der Waals surface area contributed by atoms with Crippen molar-refractivity contribution < 1.29 is 4.39 Å². The number of hydrogen-bond donors (Lipinski definition) is 1. The predicted octanol–water partition coefficient (Wildman–Crippen LogP) is 3.35. The van der Waals surface area contributed by atoms with Crippen molar-refractivity contribution in [2.75, 3.05) is 20.1 Å². The summed E-state index contributed by atoms with van der Waals surface area (Å²) in [5.41, 5.74) is 0.941. The van der Waals surface area contributed by atoms with Crippen LogP contribution in [0.5, 0.6) is 0 Å². The molecule has 0 aromatic heterocycles. The monoisotopic (exact) mass is 264 g/mol. The number of benzene rings is 1. The molecule has 106 valence electrons. The molecule has 2 rings (SSSR count). The van der Waals surface area contributed by atoms with Crippen LogP contribution in [0.4, 0.5) is 4.39 Å². The van der Waals surface area contributed by atoms with E-state index in [1.54, 1.807) is 12.1 Å². The van der Waals surface area contributed by atoms with Gasteiger partial charge in [0.1, 0.15) is 5.82 Å². The predicted molar refractivity (Wildman–Crippen MR) is 77.7 cm³/mol. The molecular formula is C16H25FN2. The molecule has 1 N–H and O–H groups in total. The molecule has 1 aromatic rings. The minimum Gasteiger partial charge on any atom is -0.310 e. The van der Waals surface area contributed by atoms with Gasteiger partial charge in [-0.3, -0.25) is 4.90 Å². The largest absolute Gasteiger partial charge is 0.310 e. The van der Waals surface area contributed by atoms with E-state index < -0.39 is 0 Å². The van der Waals surface area contributed by atoms with Crippen molar-refractivity contribution in [2.45, 2.75) is 44.7 Å². The molecule has 0 amide bonds. The van der Waals surface area contributed by atoms with Crippen LogP contribution in [0.25, 0.3) is 0 Å². The minimum absolute atomic E-state index is 0.0988. The molecular weight excluding hydrogens is 239 g/mol. The molecule has 0 spiro atoms. The number of rotatable bonds is 4. The molecule has 0 aliphatic carbocycles. The third kappa shape index (κ3) is 3.54. The second kappa shape index (κ2) is 6.02. The molecule has 1 aliphatic heterocycles. The summed E-state index contributed by atoms with van der Waals surface area (Å²) in [6.45, 7) is 6.39. The quantitative estimate of drug-likeness (QED) is 0.897. The number of likely N-dealkylation sites (N-methyl/N-ethyl adjacent to an activating group) is 1. The molecule has 0 saturated carbocycles. The van der Waals surface area contributed by atoms with E-state index in [2.05, 4.69) is 31.1 Å². The van der Waals surface area contributed by atoms with Crippen LogP contribution >= 0.6 is 0 Å². The van der Waals surface area contributed by atoms with Gasteiger partial charge in [-0.05, 0) is 46.3 Å². The molecule has 19 heavy (non-hydrogen) atoms. The lowest BCUT2D eigenvalue weighted by Crippen LogP contribution is -2.53. The lowest BCUT2D eigenvalue weighted by Gasteiger charge is -2.40. The van der Waals surface area contributed by atoms with E-state index in [0.29, 0.717) is 0 Å². The summed E-state index contributed by atoms with van der Waals surface area (Å²) >= 11 is 0. The van der Waals surface area contributed by atoms with Crippen LogP contribution in [-0.4, -0.2) is 30.6 Å². The van der Waals surface area contributed by atoms with E-state index >= 15 is 0 Å². The summed E-state index contributed by atoms with van der Waals surface area (Å²) in [5.74, 6) is -0.108. The van der Waals surface area contributed by atoms with E-state index in [9.17, 15) is 4.39 Å². The Kier molecular flexibility index (Phi) is 4.58. The number of halogens is 1. The van der Waals surface area contributed by atoms with Gasteiger partial charge in [-0.15, -0.1) is 0 Å². The summed E-state index contributed by atoms with van der Waals surface area (Å²) in [6.07, 6.45) is 3.74. The fourth-order valence-corrected chi connectivity index (χ4v) is 2.99. The average Bonchev–Trinajstić information content (AvgIpc) is 2.39. The first-order chi connectivity index (χ1) is 9.02. The fourth-order valence-electron chi connectivity index (χ4n) is 2.99. The summed E-state index contributed by atoms with van der Waals surface area (Å²) in [6, 6.07) is 7.17. The molecule has 1 saturated heterocycles. The standard InChI is InChI=1S/C16H25FN2/c1-13(14-8-4-5-9-15(14)17)19(3)12-16(2)10-6-7-11-18-16/h4-5,8-9,13,18H,6-7,10-12H2,1-3H3. The Hall–Kier alpha value is -0.930. The van der Waals surface area contributed by atoms with Crippen LogP contribution in [0.15, 0.2) is 24.3 Å². The van der Waals surface area contributed by atoms with E-state index in [0.717, 1.165) is 18.7 Å². The highest BCUT2D eigenvalue weighted by molar-refractivity contribution is 5.20. The van der Waals surface area contributed by atoms with Gasteiger partial charge in [0.2, 0.25) is 0 Å². The van der Waals surface area contributed by atoms with Gasteiger partial charge in [0.25, 0.3) is 0 Å². The van der Waals surface area contributed by atoms with Crippen molar-refractivity contribution in [1.29, 1.82) is 0 Å². The molecule has 1 aliphatic rings. The van der Waals surface area contributed by atoms with Gasteiger partial charge in [-0.1, -0.05) is 24.6 Å². The van der Waals surface area contributed by atoms with Crippen molar-refractivity contribution in [3.63, 3.8) is 0 Å². The van der Waals surface area contributed by atoms with Crippen LogP contribution < -0.4 is 5.32 Å². The number of piperidine rings is 1. The van der Waals surface area contributed by atoms with Crippen LogP contribution in [0.1, 0.15) is 44.7 Å². The zero-order valence-corrected chi connectivity index (χ0v) is 12.2. The maximum Gasteiger partial charge on any atom is 0.127 e. The van der Waals surface area contributed by atoms with Gasteiger partial charge in [-0.25, -0.2) is 4.39 Å². The van der Waals surface area contributed by atoms with Crippen molar-refractivity contribution in [3.05, 3.63) is 35.6 Å². The van der Waals surface area contributed by atoms with E-state index in [1.165, 1.54) is 19.3 Å². The van der Waals surface area contributed by atoms with Crippen molar-refractivity contribution in [1.82, 2.24) is 10.2 Å². The van der Waals surface area contributed by atoms with Crippen molar-refractivity contribution in [3.8, 4) is 0 Å². The summed E-state index contributed by atoms with van der Waals surface area (Å²) in [5, 5.41) is 3.61. The first-order valence-electron chi connectivity index (χ1n) is 7.21. The Morgan fingerprint density at radius 1 is 1.37 bits per heavy atom. The molecule has 0 bridgehead atoms. The Bertz CT molecular complexity index is 413. The third-order valence-electron chi connectivity index (χ3n) is 4.32. The Morgan fingerprint density at radius 3 is 2.74 bits per heavy atom. The lowest BCUT2D eigenvalue weighted by atomic mass is 9.90.